The highest BCUT2D eigenvalue weighted by Gasteiger charge is 2.10. The molecule has 0 aliphatic heterocycles. The molecule has 0 fully saturated rings. The minimum Gasteiger partial charge on any atom is -0.497 e. The van der Waals surface area contributed by atoms with Crippen LogP contribution in [0.4, 0.5) is 0 Å². The summed E-state index contributed by atoms with van der Waals surface area (Å²) in [6.45, 7) is 0.294. The van der Waals surface area contributed by atoms with E-state index >= 15 is 0 Å². The molecule has 9 heteroatoms. The van der Waals surface area contributed by atoms with Crippen molar-refractivity contribution in [3.8, 4) is 17.1 Å². The number of ether oxygens (including phenoxy) is 1. The Labute approximate surface area is 169 Å². The van der Waals surface area contributed by atoms with Crippen LogP contribution in [0.5, 0.6) is 5.75 Å². The van der Waals surface area contributed by atoms with Gasteiger partial charge in [-0.2, -0.15) is 5.10 Å². The zero-order chi connectivity index (χ0) is 19.3. The van der Waals surface area contributed by atoms with Gasteiger partial charge in [-0.3, -0.25) is 9.89 Å². The zero-order valence-corrected chi connectivity index (χ0v) is 16.6. The van der Waals surface area contributed by atoms with E-state index < -0.39 is 0 Å². The Morgan fingerprint density at radius 2 is 2.00 bits per heavy atom. The molecule has 0 atom stereocenters. The van der Waals surface area contributed by atoms with E-state index in [1.807, 2.05) is 48.5 Å². The van der Waals surface area contributed by atoms with Gasteiger partial charge in [-0.1, -0.05) is 23.9 Å². The summed E-state index contributed by atoms with van der Waals surface area (Å²) in [6, 6.07) is 15.4. The molecule has 2 aromatic carbocycles. The van der Waals surface area contributed by atoms with Gasteiger partial charge in [0.25, 0.3) is 0 Å². The van der Waals surface area contributed by atoms with Crippen LogP contribution >= 0.6 is 23.1 Å². The summed E-state index contributed by atoms with van der Waals surface area (Å²) >= 11 is 3.02. The largest absolute Gasteiger partial charge is 0.497 e. The van der Waals surface area contributed by atoms with Crippen molar-refractivity contribution in [2.75, 3.05) is 12.9 Å². The highest BCUT2D eigenvalue weighted by Crippen LogP contribution is 2.29. The third-order valence-electron chi connectivity index (χ3n) is 3.93. The molecule has 2 aromatic heterocycles. The monoisotopic (exact) mass is 411 g/mol. The molecule has 0 saturated carbocycles. The lowest BCUT2D eigenvalue weighted by Crippen LogP contribution is -2.25. The molecule has 0 unspecified atom stereocenters. The Balaban J connectivity index is 1.29. The number of methoxy groups -OCH3 is 1. The highest BCUT2D eigenvalue weighted by atomic mass is 32.2. The topological polar surface area (TPSA) is 92.8 Å². The summed E-state index contributed by atoms with van der Waals surface area (Å²) in [5.41, 5.74) is 1.84. The summed E-state index contributed by atoms with van der Waals surface area (Å²) in [5, 5.41) is 9.90. The maximum Gasteiger partial charge on any atom is 0.230 e. The maximum absolute atomic E-state index is 12.1. The molecule has 4 rings (SSSR count). The van der Waals surface area contributed by atoms with Gasteiger partial charge in [-0.05, 0) is 36.4 Å². The van der Waals surface area contributed by atoms with Crippen LogP contribution in [0.2, 0.25) is 0 Å². The SMILES string of the molecule is COc1ccc(-c2n[nH]c(CNC(=O)CSc3nc4ccccc4s3)n2)cc1. The van der Waals surface area contributed by atoms with E-state index in [1.54, 1.807) is 18.4 Å². The Bertz CT molecular complexity index is 1060. The van der Waals surface area contributed by atoms with Gasteiger partial charge in [0.2, 0.25) is 5.91 Å². The Kier molecular flexibility index (Phi) is 5.54. The van der Waals surface area contributed by atoms with Crippen molar-refractivity contribution in [3.63, 3.8) is 0 Å². The van der Waals surface area contributed by atoms with E-state index in [0.717, 1.165) is 25.9 Å². The number of nitrogens with one attached hydrogen (secondary N) is 2. The molecule has 4 aromatic rings. The van der Waals surface area contributed by atoms with Crippen molar-refractivity contribution < 1.29 is 9.53 Å². The summed E-state index contributed by atoms with van der Waals surface area (Å²) in [6.07, 6.45) is 0. The summed E-state index contributed by atoms with van der Waals surface area (Å²) < 4.78 is 7.16. The molecular formula is C19H17N5O2S2. The van der Waals surface area contributed by atoms with Gasteiger partial charge in [-0.25, -0.2) is 9.97 Å². The fraction of sp³-hybridized carbons (Fsp3) is 0.158. The van der Waals surface area contributed by atoms with Crippen molar-refractivity contribution in [1.29, 1.82) is 0 Å². The molecule has 0 spiro atoms. The van der Waals surface area contributed by atoms with E-state index in [4.69, 9.17) is 4.74 Å². The van der Waals surface area contributed by atoms with E-state index in [2.05, 4.69) is 25.5 Å². The number of thiazole rings is 1. The highest BCUT2D eigenvalue weighted by molar-refractivity contribution is 8.01. The first-order valence-corrected chi connectivity index (χ1v) is 10.3. The molecule has 28 heavy (non-hydrogen) atoms. The number of benzene rings is 2. The standard InChI is InChI=1S/C19H17N5O2S2/c1-26-13-8-6-12(7-9-13)18-22-16(23-24-18)10-20-17(25)11-27-19-21-14-4-2-3-5-15(14)28-19/h2-9H,10-11H2,1H3,(H,20,25)(H,22,23,24). The third-order valence-corrected chi connectivity index (χ3v) is 6.11. The molecule has 0 aliphatic rings. The van der Waals surface area contributed by atoms with Crippen molar-refractivity contribution in [2.45, 2.75) is 10.9 Å². The van der Waals surface area contributed by atoms with Crippen molar-refractivity contribution >= 4 is 39.2 Å². The molecular weight excluding hydrogens is 394 g/mol. The van der Waals surface area contributed by atoms with Gasteiger partial charge in [0, 0.05) is 5.56 Å². The molecule has 0 bridgehead atoms. The summed E-state index contributed by atoms with van der Waals surface area (Å²) in [5.74, 6) is 2.18. The number of fused-ring (bicyclic) bond motifs is 1. The quantitative estimate of drug-likeness (QED) is 0.452. The van der Waals surface area contributed by atoms with Crippen molar-refractivity contribution in [3.05, 3.63) is 54.4 Å². The number of H-pyrrole nitrogens is 1. The van der Waals surface area contributed by atoms with E-state index in [-0.39, 0.29) is 5.91 Å². The molecule has 2 N–H and O–H groups in total. The van der Waals surface area contributed by atoms with E-state index in [9.17, 15) is 4.79 Å². The molecule has 2 heterocycles. The lowest BCUT2D eigenvalue weighted by atomic mass is 10.2. The van der Waals surface area contributed by atoms with Gasteiger partial charge in [0.15, 0.2) is 10.2 Å². The van der Waals surface area contributed by atoms with Gasteiger partial charge in [0.05, 0.1) is 29.6 Å². The Hall–Kier alpha value is -2.91. The minimum atomic E-state index is -0.0772. The molecule has 7 nitrogen and oxygen atoms in total. The first kappa shape index (κ1) is 18.5. The average molecular weight is 412 g/mol. The van der Waals surface area contributed by atoms with Crippen LogP contribution in [0.25, 0.3) is 21.6 Å². The van der Waals surface area contributed by atoms with Crippen LogP contribution < -0.4 is 10.1 Å². The van der Waals surface area contributed by atoms with Crippen LogP contribution in [0, 0.1) is 0 Å². The predicted molar refractivity (Wildman–Crippen MR) is 111 cm³/mol. The van der Waals surface area contributed by atoms with Gasteiger partial charge in [0.1, 0.15) is 11.6 Å². The fourth-order valence-corrected chi connectivity index (χ4v) is 4.42. The van der Waals surface area contributed by atoms with E-state index in [0.29, 0.717) is 23.9 Å². The lowest BCUT2D eigenvalue weighted by molar-refractivity contribution is -0.118. The van der Waals surface area contributed by atoms with Crippen LogP contribution in [0.15, 0.2) is 52.9 Å². The van der Waals surface area contributed by atoms with Crippen molar-refractivity contribution in [2.24, 2.45) is 0 Å². The number of amides is 1. The second-order valence-electron chi connectivity index (χ2n) is 5.85. The van der Waals surface area contributed by atoms with Gasteiger partial charge in [-0.15, -0.1) is 11.3 Å². The maximum atomic E-state index is 12.1. The zero-order valence-electron chi connectivity index (χ0n) is 15.0. The first-order valence-electron chi connectivity index (χ1n) is 8.52. The first-order chi connectivity index (χ1) is 13.7. The Morgan fingerprint density at radius 1 is 1.18 bits per heavy atom. The molecule has 0 aliphatic carbocycles. The number of para-hydroxylation sites is 1. The minimum absolute atomic E-state index is 0.0772. The average Bonchev–Trinajstić information content (AvgIpc) is 3.37. The van der Waals surface area contributed by atoms with Crippen LogP contribution in [0.3, 0.4) is 0 Å². The number of hydrogen-bond donors (Lipinski definition) is 2. The second-order valence-corrected chi connectivity index (χ2v) is 8.10. The predicted octanol–water partition coefficient (Wildman–Crippen LogP) is 3.50. The Morgan fingerprint density at radius 3 is 2.79 bits per heavy atom. The molecule has 1 amide bonds. The van der Waals surface area contributed by atoms with Crippen LogP contribution in [0.1, 0.15) is 5.82 Å². The number of aromatic nitrogens is 4. The lowest BCUT2D eigenvalue weighted by Gasteiger charge is -2.01. The summed E-state index contributed by atoms with van der Waals surface area (Å²) in [7, 11) is 1.62. The number of nitrogens with zero attached hydrogens (tertiary/aromatic N) is 3. The number of carbonyl (C=O) groups is 1. The number of aromatic amines is 1. The van der Waals surface area contributed by atoms with E-state index in [1.165, 1.54) is 11.8 Å². The second kappa shape index (κ2) is 8.41. The van der Waals surface area contributed by atoms with Crippen LogP contribution in [-0.4, -0.2) is 38.9 Å². The number of carbonyl (C=O) groups excluding carboxylic acids is 1. The van der Waals surface area contributed by atoms with Crippen LogP contribution in [-0.2, 0) is 11.3 Å². The van der Waals surface area contributed by atoms with Gasteiger partial charge >= 0.3 is 0 Å². The number of thioether (sulfide) groups is 1. The van der Waals surface area contributed by atoms with Crippen molar-refractivity contribution in [1.82, 2.24) is 25.5 Å². The molecule has 0 radical (unpaired) electrons. The summed E-state index contributed by atoms with van der Waals surface area (Å²) in [4.78, 5) is 21.1. The number of hydrogen-bond acceptors (Lipinski definition) is 7. The fourth-order valence-electron chi connectivity index (χ4n) is 2.52. The normalized spacial score (nSPS) is 10.9. The smallest absolute Gasteiger partial charge is 0.230 e. The molecule has 0 saturated heterocycles. The third kappa shape index (κ3) is 4.32. The number of rotatable bonds is 7. The van der Waals surface area contributed by atoms with Gasteiger partial charge < -0.3 is 10.1 Å². The molecule has 142 valence electrons.